The van der Waals surface area contributed by atoms with E-state index >= 15 is 0 Å². The first-order chi connectivity index (χ1) is 8.19. The number of fused-ring (bicyclic) bond motifs is 1. The average Bonchev–Trinajstić information content (AvgIpc) is 2.78. The standard InChI is InChI=1S/C9H7BrN2O2.C2H6O/c1-14-9-6-3-11-12-8(6)5(4-13)2-7(9)10;1-3-2/h2-4H,1H3,(H,11,12);1-2H3. The summed E-state index contributed by atoms with van der Waals surface area (Å²) >= 11 is 3.33. The highest BCUT2D eigenvalue weighted by Gasteiger charge is 2.11. The Morgan fingerprint density at radius 1 is 1.41 bits per heavy atom. The van der Waals surface area contributed by atoms with E-state index in [0.717, 1.165) is 16.1 Å². The van der Waals surface area contributed by atoms with Crippen LogP contribution in [0.2, 0.25) is 0 Å². The van der Waals surface area contributed by atoms with E-state index in [0.29, 0.717) is 16.8 Å². The van der Waals surface area contributed by atoms with Gasteiger partial charge in [-0.1, -0.05) is 0 Å². The van der Waals surface area contributed by atoms with E-state index in [2.05, 4.69) is 30.9 Å². The van der Waals surface area contributed by atoms with E-state index in [-0.39, 0.29) is 0 Å². The Bertz CT molecular complexity index is 511. The molecule has 0 bridgehead atoms. The summed E-state index contributed by atoms with van der Waals surface area (Å²) in [6.45, 7) is 0. The Morgan fingerprint density at radius 3 is 2.59 bits per heavy atom. The second kappa shape index (κ2) is 6.36. The van der Waals surface area contributed by atoms with Gasteiger partial charge in [-0.3, -0.25) is 9.89 Å². The molecule has 0 spiro atoms. The molecule has 1 N–H and O–H groups in total. The summed E-state index contributed by atoms with van der Waals surface area (Å²) in [5.74, 6) is 0.680. The first-order valence-corrected chi connectivity index (χ1v) is 5.53. The number of aromatic amines is 1. The normalized spacial score (nSPS) is 9.65. The fourth-order valence-electron chi connectivity index (χ4n) is 1.38. The van der Waals surface area contributed by atoms with Gasteiger partial charge in [0.2, 0.25) is 0 Å². The van der Waals surface area contributed by atoms with Crippen molar-refractivity contribution in [2.45, 2.75) is 0 Å². The SMILES string of the molecule is COC.COc1c(Br)cc(C=O)c2[nH]ncc12. The molecule has 1 aromatic heterocycles. The van der Waals surface area contributed by atoms with Crippen molar-refractivity contribution in [2.24, 2.45) is 0 Å². The average molecular weight is 301 g/mol. The molecule has 0 radical (unpaired) electrons. The minimum atomic E-state index is 0.560. The van der Waals surface area contributed by atoms with Crippen LogP contribution >= 0.6 is 15.9 Å². The number of hydrogen-bond donors (Lipinski definition) is 1. The molecule has 2 rings (SSSR count). The number of aldehydes is 1. The van der Waals surface area contributed by atoms with E-state index in [4.69, 9.17) is 4.74 Å². The number of carbonyl (C=O) groups excluding carboxylic acids is 1. The zero-order valence-electron chi connectivity index (χ0n) is 9.78. The van der Waals surface area contributed by atoms with Gasteiger partial charge >= 0.3 is 0 Å². The van der Waals surface area contributed by atoms with E-state index in [9.17, 15) is 4.79 Å². The molecule has 1 aromatic carbocycles. The van der Waals surface area contributed by atoms with Crippen LogP contribution in [0.4, 0.5) is 0 Å². The van der Waals surface area contributed by atoms with Crippen molar-refractivity contribution >= 4 is 33.1 Å². The molecule has 6 heteroatoms. The number of methoxy groups -OCH3 is 2. The number of benzene rings is 1. The quantitative estimate of drug-likeness (QED) is 0.865. The molecule has 0 atom stereocenters. The van der Waals surface area contributed by atoms with Gasteiger partial charge < -0.3 is 9.47 Å². The third-order valence-corrected chi connectivity index (χ3v) is 2.59. The van der Waals surface area contributed by atoms with Gasteiger partial charge in [0.15, 0.2) is 6.29 Å². The van der Waals surface area contributed by atoms with E-state index in [1.807, 2.05) is 0 Å². The predicted octanol–water partition coefficient (Wildman–Crippen LogP) is 2.41. The summed E-state index contributed by atoms with van der Waals surface area (Å²) in [5, 5.41) is 7.43. The van der Waals surface area contributed by atoms with Gasteiger partial charge in [-0.25, -0.2) is 0 Å². The van der Waals surface area contributed by atoms with Crippen molar-refractivity contribution < 1.29 is 14.3 Å². The molecule has 92 valence electrons. The molecule has 17 heavy (non-hydrogen) atoms. The van der Waals surface area contributed by atoms with Crippen LogP contribution in [0.25, 0.3) is 10.9 Å². The molecule has 2 aromatic rings. The van der Waals surface area contributed by atoms with Crippen LogP contribution < -0.4 is 4.74 Å². The topological polar surface area (TPSA) is 64.2 Å². The molecule has 0 aliphatic heterocycles. The highest BCUT2D eigenvalue weighted by Crippen LogP contribution is 2.34. The highest BCUT2D eigenvalue weighted by molar-refractivity contribution is 9.10. The maximum atomic E-state index is 10.8. The lowest BCUT2D eigenvalue weighted by molar-refractivity contribution is 0.112. The van der Waals surface area contributed by atoms with Gasteiger partial charge in [0, 0.05) is 19.8 Å². The number of halogens is 1. The second-order valence-electron chi connectivity index (χ2n) is 3.17. The fraction of sp³-hybridized carbons (Fsp3) is 0.273. The van der Waals surface area contributed by atoms with Gasteiger partial charge in [0.1, 0.15) is 5.75 Å². The number of carbonyl (C=O) groups is 1. The van der Waals surface area contributed by atoms with E-state index in [1.165, 1.54) is 0 Å². The lowest BCUT2D eigenvalue weighted by Crippen LogP contribution is -1.89. The Morgan fingerprint density at radius 2 is 2.06 bits per heavy atom. The van der Waals surface area contributed by atoms with Crippen LogP contribution in [0.5, 0.6) is 5.75 Å². The number of aromatic nitrogens is 2. The third-order valence-electron chi connectivity index (χ3n) is 2.00. The Kier molecular flexibility index (Phi) is 5.11. The molecular weight excluding hydrogens is 288 g/mol. The van der Waals surface area contributed by atoms with Crippen molar-refractivity contribution in [1.29, 1.82) is 0 Å². The minimum Gasteiger partial charge on any atom is -0.495 e. The fourth-order valence-corrected chi connectivity index (χ4v) is 2.00. The van der Waals surface area contributed by atoms with Crippen molar-refractivity contribution in [1.82, 2.24) is 10.2 Å². The monoisotopic (exact) mass is 300 g/mol. The Hall–Kier alpha value is -1.40. The van der Waals surface area contributed by atoms with Crippen LogP contribution in [0, 0.1) is 0 Å². The first-order valence-electron chi connectivity index (χ1n) is 4.74. The number of rotatable bonds is 2. The minimum absolute atomic E-state index is 0.560. The van der Waals surface area contributed by atoms with Gasteiger partial charge in [-0.05, 0) is 22.0 Å². The van der Waals surface area contributed by atoms with Crippen LogP contribution in [0.1, 0.15) is 10.4 Å². The molecule has 0 saturated carbocycles. The maximum Gasteiger partial charge on any atom is 0.152 e. The molecule has 0 aliphatic rings. The zero-order chi connectivity index (χ0) is 12.8. The third kappa shape index (κ3) is 2.83. The van der Waals surface area contributed by atoms with Crippen LogP contribution in [0.15, 0.2) is 16.7 Å². The first kappa shape index (κ1) is 13.7. The van der Waals surface area contributed by atoms with E-state index in [1.54, 1.807) is 33.6 Å². The lowest BCUT2D eigenvalue weighted by Gasteiger charge is -2.05. The Balaban J connectivity index is 0.000000437. The van der Waals surface area contributed by atoms with Gasteiger partial charge in [0.25, 0.3) is 0 Å². The summed E-state index contributed by atoms with van der Waals surface area (Å²) in [5.41, 5.74) is 1.25. The van der Waals surface area contributed by atoms with Gasteiger partial charge in [-0.2, -0.15) is 5.10 Å². The highest BCUT2D eigenvalue weighted by atomic mass is 79.9. The van der Waals surface area contributed by atoms with Crippen molar-refractivity contribution in [3.05, 3.63) is 22.3 Å². The van der Waals surface area contributed by atoms with Crippen LogP contribution in [0.3, 0.4) is 0 Å². The van der Waals surface area contributed by atoms with Crippen LogP contribution in [-0.4, -0.2) is 37.8 Å². The largest absolute Gasteiger partial charge is 0.495 e. The summed E-state index contributed by atoms with van der Waals surface area (Å²) in [4.78, 5) is 10.8. The van der Waals surface area contributed by atoms with E-state index < -0.39 is 0 Å². The maximum absolute atomic E-state index is 10.8. The van der Waals surface area contributed by atoms with Crippen molar-refractivity contribution in [3.63, 3.8) is 0 Å². The molecule has 0 aliphatic carbocycles. The Labute approximate surface area is 107 Å². The summed E-state index contributed by atoms with van der Waals surface area (Å²) in [6, 6.07) is 1.70. The van der Waals surface area contributed by atoms with Gasteiger partial charge in [0.05, 0.1) is 28.7 Å². The molecule has 1 heterocycles. The molecule has 0 amide bonds. The number of hydrogen-bond acceptors (Lipinski definition) is 4. The van der Waals surface area contributed by atoms with Gasteiger partial charge in [-0.15, -0.1) is 0 Å². The summed E-state index contributed by atoms with van der Waals surface area (Å²) < 4.78 is 10.2. The molecule has 0 unspecified atom stereocenters. The lowest BCUT2D eigenvalue weighted by atomic mass is 10.1. The number of H-pyrrole nitrogens is 1. The smallest absolute Gasteiger partial charge is 0.152 e. The zero-order valence-corrected chi connectivity index (χ0v) is 11.4. The van der Waals surface area contributed by atoms with Crippen molar-refractivity contribution in [2.75, 3.05) is 21.3 Å². The van der Waals surface area contributed by atoms with Crippen LogP contribution in [-0.2, 0) is 4.74 Å². The molecule has 0 saturated heterocycles. The van der Waals surface area contributed by atoms with Crippen molar-refractivity contribution in [3.8, 4) is 5.75 Å². The summed E-state index contributed by atoms with van der Waals surface area (Å²) in [7, 11) is 4.83. The number of ether oxygens (including phenoxy) is 2. The number of nitrogens with zero attached hydrogens (tertiary/aromatic N) is 1. The number of nitrogens with one attached hydrogen (secondary N) is 1. The molecule has 0 fully saturated rings. The predicted molar refractivity (Wildman–Crippen MR) is 68.7 cm³/mol. The molecule has 5 nitrogen and oxygen atoms in total. The summed E-state index contributed by atoms with van der Waals surface area (Å²) in [6.07, 6.45) is 2.41. The second-order valence-corrected chi connectivity index (χ2v) is 4.02. The molecular formula is C11H13BrN2O3.